The zero-order valence-corrected chi connectivity index (χ0v) is 9.33. The van der Waals surface area contributed by atoms with Crippen LogP contribution >= 0.6 is 11.6 Å². The van der Waals surface area contributed by atoms with Crippen molar-refractivity contribution < 1.29 is 9.84 Å². The van der Waals surface area contributed by atoms with E-state index in [4.69, 9.17) is 21.4 Å². The maximum atomic E-state index is 8.52. The lowest BCUT2D eigenvalue weighted by Crippen LogP contribution is -2.20. The van der Waals surface area contributed by atoms with Crippen LogP contribution in [-0.4, -0.2) is 31.4 Å². The molecule has 0 fully saturated rings. The number of hydrogen-bond acceptors (Lipinski definition) is 3. The van der Waals surface area contributed by atoms with Crippen LogP contribution < -0.4 is 10.1 Å². The Kier molecular flexibility index (Phi) is 6.16. The molecule has 0 spiro atoms. The second-order valence-electron chi connectivity index (χ2n) is 3.13. The van der Waals surface area contributed by atoms with E-state index in [-0.39, 0.29) is 6.61 Å². The summed E-state index contributed by atoms with van der Waals surface area (Å²) >= 11 is 5.74. The molecule has 1 aromatic carbocycles. The number of halogens is 1. The summed E-state index contributed by atoms with van der Waals surface area (Å²) in [5.74, 6) is 0.835. The summed E-state index contributed by atoms with van der Waals surface area (Å²) in [6.45, 7) is 2.34. The fourth-order valence-electron chi connectivity index (χ4n) is 1.12. The highest BCUT2D eigenvalue weighted by atomic mass is 35.5. The Hall–Kier alpha value is -0.770. The van der Waals surface area contributed by atoms with Crippen molar-refractivity contribution in [2.24, 2.45) is 0 Å². The third-order valence-electron chi connectivity index (χ3n) is 1.87. The Balaban J connectivity index is 2.07. The number of nitrogens with one attached hydrogen (secondary N) is 1. The minimum absolute atomic E-state index is 0.179. The summed E-state index contributed by atoms with van der Waals surface area (Å²) in [5.41, 5.74) is 0. The maximum absolute atomic E-state index is 8.52. The monoisotopic (exact) mass is 229 g/mol. The van der Waals surface area contributed by atoms with E-state index in [9.17, 15) is 0 Å². The van der Waals surface area contributed by atoms with Gasteiger partial charge in [-0.3, -0.25) is 0 Å². The summed E-state index contributed by atoms with van der Waals surface area (Å²) in [7, 11) is 0. The van der Waals surface area contributed by atoms with Crippen LogP contribution in [0.5, 0.6) is 5.75 Å². The predicted molar refractivity (Wildman–Crippen MR) is 61.5 cm³/mol. The van der Waals surface area contributed by atoms with Crippen molar-refractivity contribution in [1.82, 2.24) is 5.32 Å². The SMILES string of the molecule is OCCNCCCOc1ccc(Cl)cc1. The number of aliphatic hydroxyl groups excluding tert-OH is 1. The first-order chi connectivity index (χ1) is 7.33. The fraction of sp³-hybridized carbons (Fsp3) is 0.455. The molecule has 0 heterocycles. The van der Waals surface area contributed by atoms with E-state index < -0.39 is 0 Å². The van der Waals surface area contributed by atoms with Gasteiger partial charge in [-0.05, 0) is 37.2 Å². The van der Waals surface area contributed by atoms with Gasteiger partial charge in [0.25, 0.3) is 0 Å². The Bertz CT molecular complexity index is 264. The largest absolute Gasteiger partial charge is 0.494 e. The predicted octanol–water partition coefficient (Wildman–Crippen LogP) is 1.69. The third kappa shape index (κ3) is 5.62. The Morgan fingerprint density at radius 3 is 2.60 bits per heavy atom. The molecule has 2 N–H and O–H groups in total. The van der Waals surface area contributed by atoms with Crippen molar-refractivity contribution in [1.29, 1.82) is 0 Å². The lowest BCUT2D eigenvalue weighted by molar-refractivity contribution is 0.282. The summed E-state index contributed by atoms with van der Waals surface area (Å²) in [4.78, 5) is 0. The third-order valence-corrected chi connectivity index (χ3v) is 2.12. The Morgan fingerprint density at radius 1 is 1.20 bits per heavy atom. The van der Waals surface area contributed by atoms with Crippen LogP contribution in [0.4, 0.5) is 0 Å². The number of benzene rings is 1. The highest BCUT2D eigenvalue weighted by Gasteiger charge is 1.93. The quantitative estimate of drug-likeness (QED) is 0.700. The van der Waals surface area contributed by atoms with Crippen molar-refractivity contribution in [2.75, 3.05) is 26.3 Å². The van der Waals surface area contributed by atoms with Crippen molar-refractivity contribution in [2.45, 2.75) is 6.42 Å². The highest BCUT2D eigenvalue weighted by Crippen LogP contribution is 2.15. The molecule has 0 aliphatic carbocycles. The molecule has 1 aromatic rings. The van der Waals surface area contributed by atoms with Crippen LogP contribution in [0.15, 0.2) is 24.3 Å². The van der Waals surface area contributed by atoms with Gasteiger partial charge in [0.05, 0.1) is 13.2 Å². The lowest BCUT2D eigenvalue weighted by atomic mass is 10.3. The first-order valence-corrected chi connectivity index (χ1v) is 5.40. The van der Waals surface area contributed by atoms with Gasteiger partial charge in [-0.1, -0.05) is 11.6 Å². The molecule has 0 aliphatic heterocycles. The molecule has 0 bridgehead atoms. The molecule has 84 valence electrons. The van der Waals surface area contributed by atoms with E-state index >= 15 is 0 Å². The van der Waals surface area contributed by atoms with Crippen LogP contribution in [0.25, 0.3) is 0 Å². The van der Waals surface area contributed by atoms with Crippen LogP contribution in [0.1, 0.15) is 6.42 Å². The Morgan fingerprint density at radius 2 is 1.93 bits per heavy atom. The standard InChI is InChI=1S/C11H16ClNO2/c12-10-2-4-11(5-3-10)15-9-1-6-13-7-8-14/h2-5,13-14H,1,6-9H2. The van der Waals surface area contributed by atoms with E-state index in [0.717, 1.165) is 18.7 Å². The van der Waals surface area contributed by atoms with Crippen molar-refractivity contribution in [3.8, 4) is 5.75 Å². The van der Waals surface area contributed by atoms with Crippen LogP contribution in [0, 0.1) is 0 Å². The van der Waals surface area contributed by atoms with Gasteiger partial charge in [-0.25, -0.2) is 0 Å². The van der Waals surface area contributed by atoms with Gasteiger partial charge in [-0.15, -0.1) is 0 Å². The molecule has 0 saturated carbocycles. The van der Waals surface area contributed by atoms with Gasteiger partial charge in [0.2, 0.25) is 0 Å². The second-order valence-corrected chi connectivity index (χ2v) is 3.57. The molecule has 0 amide bonds. The van der Waals surface area contributed by atoms with Gasteiger partial charge in [-0.2, -0.15) is 0 Å². The van der Waals surface area contributed by atoms with Crippen LogP contribution in [0.3, 0.4) is 0 Å². The summed E-state index contributed by atoms with van der Waals surface area (Å²) < 4.78 is 5.48. The Labute approximate surface area is 95.0 Å². The van der Waals surface area contributed by atoms with Crippen LogP contribution in [-0.2, 0) is 0 Å². The van der Waals surface area contributed by atoms with Crippen molar-refractivity contribution in [3.05, 3.63) is 29.3 Å². The number of aliphatic hydroxyl groups is 1. The first kappa shape index (κ1) is 12.3. The molecular formula is C11H16ClNO2. The first-order valence-electron chi connectivity index (χ1n) is 5.03. The van der Waals surface area contributed by atoms with E-state index in [1.54, 1.807) is 12.1 Å². The fourth-order valence-corrected chi connectivity index (χ4v) is 1.25. The van der Waals surface area contributed by atoms with E-state index in [1.807, 2.05) is 12.1 Å². The average Bonchev–Trinajstić information content (AvgIpc) is 2.26. The smallest absolute Gasteiger partial charge is 0.119 e. The lowest BCUT2D eigenvalue weighted by Gasteiger charge is -2.06. The molecule has 3 nitrogen and oxygen atoms in total. The highest BCUT2D eigenvalue weighted by molar-refractivity contribution is 6.30. The normalized spacial score (nSPS) is 10.3. The zero-order chi connectivity index (χ0) is 10.9. The van der Waals surface area contributed by atoms with Crippen molar-refractivity contribution >= 4 is 11.6 Å². The molecule has 1 rings (SSSR count). The summed E-state index contributed by atoms with van der Waals surface area (Å²) in [6.07, 6.45) is 0.919. The van der Waals surface area contributed by atoms with Gasteiger partial charge in [0, 0.05) is 11.6 Å². The summed E-state index contributed by atoms with van der Waals surface area (Å²) in [6, 6.07) is 7.31. The molecule has 0 radical (unpaired) electrons. The minimum atomic E-state index is 0.179. The minimum Gasteiger partial charge on any atom is -0.494 e. The average molecular weight is 230 g/mol. The number of ether oxygens (including phenoxy) is 1. The topological polar surface area (TPSA) is 41.5 Å². The second kappa shape index (κ2) is 7.51. The van der Waals surface area contributed by atoms with E-state index in [1.165, 1.54) is 0 Å². The van der Waals surface area contributed by atoms with E-state index in [2.05, 4.69) is 5.32 Å². The van der Waals surface area contributed by atoms with Crippen LogP contribution in [0.2, 0.25) is 5.02 Å². The number of hydrogen-bond donors (Lipinski definition) is 2. The van der Waals surface area contributed by atoms with Gasteiger partial charge in [0.1, 0.15) is 5.75 Å². The molecular weight excluding hydrogens is 214 g/mol. The molecule has 15 heavy (non-hydrogen) atoms. The molecule has 4 heteroatoms. The van der Waals surface area contributed by atoms with Crippen molar-refractivity contribution in [3.63, 3.8) is 0 Å². The molecule has 0 aromatic heterocycles. The van der Waals surface area contributed by atoms with Gasteiger partial charge < -0.3 is 15.2 Å². The molecule has 0 aliphatic rings. The van der Waals surface area contributed by atoms with Gasteiger partial charge >= 0.3 is 0 Å². The van der Waals surface area contributed by atoms with Gasteiger partial charge in [0.15, 0.2) is 0 Å². The zero-order valence-electron chi connectivity index (χ0n) is 8.58. The molecule has 0 atom stereocenters. The number of rotatable bonds is 7. The van der Waals surface area contributed by atoms with E-state index in [0.29, 0.717) is 18.2 Å². The molecule has 0 unspecified atom stereocenters. The molecule has 0 saturated heterocycles. The maximum Gasteiger partial charge on any atom is 0.119 e. The summed E-state index contributed by atoms with van der Waals surface area (Å²) in [5, 5.41) is 12.3.